The molecule has 1 fully saturated rings. The summed E-state index contributed by atoms with van der Waals surface area (Å²) < 4.78 is 15.5. The van der Waals surface area contributed by atoms with Crippen LogP contribution in [-0.4, -0.2) is 52.9 Å². The van der Waals surface area contributed by atoms with Crippen molar-refractivity contribution in [3.8, 4) is 5.69 Å². The first-order valence-corrected chi connectivity index (χ1v) is 10.0. The van der Waals surface area contributed by atoms with Crippen LogP contribution in [0.4, 0.5) is 21.7 Å². The Balaban J connectivity index is 1.54. The van der Waals surface area contributed by atoms with Crippen LogP contribution in [-0.2, 0) is 6.42 Å². The number of benzene rings is 2. The van der Waals surface area contributed by atoms with Gasteiger partial charge in [0.25, 0.3) is 0 Å². The van der Waals surface area contributed by atoms with E-state index in [1.807, 2.05) is 13.0 Å². The molecule has 0 bridgehead atoms. The van der Waals surface area contributed by atoms with Gasteiger partial charge in [0.15, 0.2) is 0 Å². The number of rotatable bonds is 5. The van der Waals surface area contributed by atoms with E-state index >= 15 is 0 Å². The van der Waals surface area contributed by atoms with Crippen molar-refractivity contribution in [2.24, 2.45) is 0 Å². The van der Waals surface area contributed by atoms with Crippen LogP contribution in [0.15, 0.2) is 42.7 Å². The number of aromatic nitrogens is 3. The van der Waals surface area contributed by atoms with Crippen molar-refractivity contribution in [1.29, 1.82) is 0 Å². The molecular weight excluding hydrogens is 367 g/mol. The first-order valence-electron chi connectivity index (χ1n) is 10.0. The van der Waals surface area contributed by atoms with E-state index in [2.05, 4.69) is 57.4 Å². The first-order chi connectivity index (χ1) is 14.0. The number of hydrogen-bond acceptors (Lipinski definition) is 5. The molecule has 0 aliphatic carbocycles. The number of likely N-dealkylation sites (N-methyl/N-ethyl adjacent to an activating group) is 1. The van der Waals surface area contributed by atoms with Gasteiger partial charge in [0.1, 0.15) is 12.1 Å². The van der Waals surface area contributed by atoms with Crippen LogP contribution >= 0.6 is 0 Å². The van der Waals surface area contributed by atoms with Gasteiger partial charge in [0.2, 0.25) is 5.95 Å². The SMILES string of the molecule is CCc1cc(F)cc(-n2cnc(Nc3cc(C)cc(N4CCN(C)CC4)c3)n2)c1. The van der Waals surface area contributed by atoms with Crippen molar-refractivity contribution in [3.63, 3.8) is 0 Å². The number of anilines is 3. The molecular formula is C22H27FN6. The van der Waals surface area contributed by atoms with Crippen molar-refractivity contribution in [3.05, 3.63) is 59.7 Å². The average molecular weight is 394 g/mol. The molecule has 2 heterocycles. The number of piperazine rings is 1. The first kappa shape index (κ1) is 19.4. The van der Waals surface area contributed by atoms with Gasteiger partial charge in [-0.15, -0.1) is 5.10 Å². The molecule has 2 aromatic carbocycles. The van der Waals surface area contributed by atoms with E-state index in [4.69, 9.17) is 0 Å². The molecule has 3 aromatic rings. The third-order valence-electron chi connectivity index (χ3n) is 5.29. The Morgan fingerprint density at radius 3 is 2.55 bits per heavy atom. The lowest BCUT2D eigenvalue weighted by molar-refractivity contribution is 0.313. The van der Waals surface area contributed by atoms with E-state index in [9.17, 15) is 4.39 Å². The van der Waals surface area contributed by atoms with E-state index < -0.39 is 0 Å². The summed E-state index contributed by atoms with van der Waals surface area (Å²) in [7, 11) is 2.16. The molecule has 1 aromatic heterocycles. The van der Waals surface area contributed by atoms with Gasteiger partial charge < -0.3 is 15.1 Å². The summed E-state index contributed by atoms with van der Waals surface area (Å²) in [6, 6.07) is 11.4. The molecule has 0 radical (unpaired) electrons. The second-order valence-corrected chi connectivity index (χ2v) is 7.66. The normalized spacial score (nSPS) is 15.0. The van der Waals surface area contributed by atoms with Gasteiger partial charge in [-0.3, -0.25) is 0 Å². The van der Waals surface area contributed by atoms with Gasteiger partial charge in [-0.1, -0.05) is 6.92 Å². The number of hydrogen-bond donors (Lipinski definition) is 1. The van der Waals surface area contributed by atoms with Crippen molar-refractivity contribution >= 4 is 17.3 Å². The fraction of sp³-hybridized carbons (Fsp3) is 0.364. The molecule has 4 rings (SSSR count). The summed E-state index contributed by atoms with van der Waals surface area (Å²) in [4.78, 5) is 9.10. The zero-order chi connectivity index (χ0) is 20.4. The number of nitrogens with zero attached hydrogens (tertiary/aromatic N) is 5. The summed E-state index contributed by atoms with van der Waals surface area (Å²) >= 11 is 0. The molecule has 0 spiro atoms. The van der Waals surface area contributed by atoms with Crippen molar-refractivity contribution in [2.75, 3.05) is 43.4 Å². The van der Waals surface area contributed by atoms with E-state index in [1.54, 1.807) is 17.1 Å². The fourth-order valence-electron chi connectivity index (χ4n) is 3.63. The van der Waals surface area contributed by atoms with E-state index in [-0.39, 0.29) is 5.82 Å². The van der Waals surface area contributed by atoms with Crippen LogP contribution in [0.2, 0.25) is 0 Å². The third-order valence-corrected chi connectivity index (χ3v) is 5.29. The molecule has 152 valence electrons. The topological polar surface area (TPSA) is 49.2 Å². The summed E-state index contributed by atoms with van der Waals surface area (Å²) in [6.45, 7) is 8.27. The van der Waals surface area contributed by atoms with Crippen molar-refractivity contribution in [2.45, 2.75) is 20.3 Å². The Kier molecular flexibility index (Phi) is 5.49. The Morgan fingerprint density at radius 2 is 1.79 bits per heavy atom. The third kappa shape index (κ3) is 4.56. The van der Waals surface area contributed by atoms with Crippen LogP contribution < -0.4 is 10.2 Å². The standard InChI is InChI=1S/C22H27FN6/c1-4-17-11-18(23)13-21(12-17)29-15-24-22(26-29)25-19-9-16(2)10-20(14-19)28-7-5-27(3)6-8-28/h9-15H,4-8H2,1-3H3,(H,25,26). The van der Waals surface area contributed by atoms with Gasteiger partial charge in [-0.25, -0.2) is 9.07 Å². The largest absolute Gasteiger partial charge is 0.369 e. The molecule has 1 aliphatic heterocycles. The van der Waals surface area contributed by atoms with Gasteiger partial charge >= 0.3 is 0 Å². The van der Waals surface area contributed by atoms with Gasteiger partial charge in [0, 0.05) is 37.6 Å². The Bertz CT molecular complexity index is 991. The number of nitrogens with one attached hydrogen (secondary N) is 1. The molecule has 0 saturated carbocycles. The maximum absolute atomic E-state index is 13.9. The monoisotopic (exact) mass is 394 g/mol. The van der Waals surface area contributed by atoms with E-state index in [0.29, 0.717) is 11.6 Å². The minimum Gasteiger partial charge on any atom is -0.369 e. The highest BCUT2D eigenvalue weighted by molar-refractivity contribution is 5.64. The Labute approximate surface area is 171 Å². The molecule has 1 saturated heterocycles. The summed E-state index contributed by atoms with van der Waals surface area (Å²) in [6.07, 6.45) is 2.37. The molecule has 29 heavy (non-hydrogen) atoms. The van der Waals surface area contributed by atoms with Crippen molar-refractivity contribution in [1.82, 2.24) is 19.7 Å². The fourth-order valence-corrected chi connectivity index (χ4v) is 3.63. The van der Waals surface area contributed by atoms with Gasteiger partial charge in [0.05, 0.1) is 5.69 Å². The number of aryl methyl sites for hydroxylation is 2. The van der Waals surface area contributed by atoms with Crippen LogP contribution in [0.5, 0.6) is 0 Å². The van der Waals surface area contributed by atoms with Gasteiger partial charge in [-0.05, 0) is 67.9 Å². The lowest BCUT2D eigenvalue weighted by atomic mass is 10.1. The highest BCUT2D eigenvalue weighted by Crippen LogP contribution is 2.25. The minimum absolute atomic E-state index is 0.264. The van der Waals surface area contributed by atoms with E-state index in [0.717, 1.165) is 43.9 Å². The van der Waals surface area contributed by atoms with E-state index in [1.165, 1.54) is 17.3 Å². The highest BCUT2D eigenvalue weighted by atomic mass is 19.1. The van der Waals surface area contributed by atoms with Crippen LogP contribution in [0.1, 0.15) is 18.1 Å². The minimum atomic E-state index is -0.264. The Hall–Kier alpha value is -2.93. The maximum Gasteiger partial charge on any atom is 0.246 e. The maximum atomic E-state index is 13.9. The van der Waals surface area contributed by atoms with Crippen LogP contribution in [0, 0.1) is 12.7 Å². The lowest BCUT2D eigenvalue weighted by Gasteiger charge is -2.34. The average Bonchev–Trinajstić information content (AvgIpc) is 3.16. The summed E-state index contributed by atoms with van der Waals surface area (Å²) in [5, 5.41) is 7.77. The van der Waals surface area contributed by atoms with Crippen molar-refractivity contribution < 1.29 is 4.39 Å². The zero-order valence-corrected chi connectivity index (χ0v) is 17.2. The lowest BCUT2D eigenvalue weighted by Crippen LogP contribution is -2.44. The number of halogens is 1. The highest BCUT2D eigenvalue weighted by Gasteiger charge is 2.15. The van der Waals surface area contributed by atoms with Crippen LogP contribution in [0.25, 0.3) is 5.69 Å². The predicted octanol–water partition coefficient (Wildman–Crippen LogP) is 3.77. The molecule has 7 heteroatoms. The Morgan fingerprint density at radius 1 is 1.00 bits per heavy atom. The molecule has 1 aliphatic rings. The smallest absolute Gasteiger partial charge is 0.246 e. The molecule has 1 N–H and O–H groups in total. The zero-order valence-electron chi connectivity index (χ0n) is 17.2. The molecule has 0 atom stereocenters. The second-order valence-electron chi connectivity index (χ2n) is 7.66. The molecule has 6 nitrogen and oxygen atoms in total. The van der Waals surface area contributed by atoms with Gasteiger partial charge in [-0.2, -0.15) is 4.98 Å². The summed E-state index contributed by atoms with van der Waals surface area (Å²) in [5.41, 5.74) is 4.94. The molecule has 0 amide bonds. The summed E-state index contributed by atoms with van der Waals surface area (Å²) in [5.74, 6) is 0.224. The second kappa shape index (κ2) is 8.21. The van der Waals surface area contributed by atoms with Crippen LogP contribution in [0.3, 0.4) is 0 Å². The molecule has 0 unspecified atom stereocenters. The quantitative estimate of drug-likeness (QED) is 0.714. The predicted molar refractivity (Wildman–Crippen MR) is 115 cm³/mol.